The van der Waals surface area contributed by atoms with Crippen LogP contribution in [-0.4, -0.2) is 25.1 Å². The highest BCUT2D eigenvalue weighted by atomic mass is 16.5. The number of aromatic amines is 1. The summed E-state index contributed by atoms with van der Waals surface area (Å²) in [5, 5.41) is 10.3. The molecule has 152 valence electrons. The minimum Gasteiger partial charge on any atom is -0.457 e. The Kier molecular flexibility index (Phi) is 5.43. The first kappa shape index (κ1) is 19.6. The molecule has 0 aliphatic heterocycles. The Morgan fingerprint density at radius 1 is 0.933 bits per heavy atom. The van der Waals surface area contributed by atoms with Gasteiger partial charge in [0.15, 0.2) is 11.6 Å². The van der Waals surface area contributed by atoms with Gasteiger partial charge in [0.05, 0.1) is 0 Å². The minimum atomic E-state index is 0. The molecule has 2 N–H and O–H groups in total. The first-order valence-electron chi connectivity index (χ1n) is 9.61. The normalized spacial score (nSPS) is 12.8. The highest BCUT2D eigenvalue weighted by Crippen LogP contribution is 2.39. The Balaban J connectivity index is 0.00000218. The Morgan fingerprint density at radius 2 is 1.73 bits per heavy atom. The highest BCUT2D eigenvalue weighted by Gasteiger charge is 2.28. The van der Waals surface area contributed by atoms with Crippen LogP contribution in [0.3, 0.4) is 0 Å². The summed E-state index contributed by atoms with van der Waals surface area (Å²) in [6.07, 6.45) is 2.23. The molecule has 5 rings (SSSR count). The fraction of sp³-hybridized carbons (Fsp3) is 0.217. The molecule has 0 bridgehead atoms. The van der Waals surface area contributed by atoms with Gasteiger partial charge < -0.3 is 10.1 Å². The van der Waals surface area contributed by atoms with Crippen LogP contribution in [0.25, 0.3) is 11.4 Å². The number of ether oxygens (including phenoxy) is 1. The molecular formula is C23H24N6O. The molecule has 0 radical (unpaired) electrons. The van der Waals surface area contributed by atoms with Gasteiger partial charge in [0.2, 0.25) is 5.95 Å². The third kappa shape index (κ3) is 4.46. The second-order valence-corrected chi connectivity index (χ2v) is 7.12. The minimum absolute atomic E-state index is 0. The molecule has 0 unspecified atom stereocenters. The predicted molar refractivity (Wildman–Crippen MR) is 117 cm³/mol. The summed E-state index contributed by atoms with van der Waals surface area (Å²) in [5.74, 6) is 4.55. The van der Waals surface area contributed by atoms with Crippen molar-refractivity contribution in [2.45, 2.75) is 33.1 Å². The summed E-state index contributed by atoms with van der Waals surface area (Å²) < 4.78 is 5.96. The van der Waals surface area contributed by atoms with Gasteiger partial charge in [-0.2, -0.15) is 15.1 Å². The van der Waals surface area contributed by atoms with E-state index in [4.69, 9.17) is 9.72 Å². The fourth-order valence-electron chi connectivity index (χ4n) is 3.02. The van der Waals surface area contributed by atoms with Gasteiger partial charge in [-0.15, -0.1) is 0 Å². The molecule has 0 amide bonds. The van der Waals surface area contributed by atoms with Crippen molar-refractivity contribution < 1.29 is 4.74 Å². The lowest BCUT2D eigenvalue weighted by molar-refractivity contribution is 0.483. The van der Waals surface area contributed by atoms with Gasteiger partial charge in [0.25, 0.3) is 0 Å². The Labute approximate surface area is 175 Å². The van der Waals surface area contributed by atoms with Crippen molar-refractivity contribution in [3.8, 4) is 22.9 Å². The number of anilines is 2. The molecule has 4 aromatic rings. The van der Waals surface area contributed by atoms with E-state index in [1.807, 2.05) is 67.6 Å². The van der Waals surface area contributed by atoms with Gasteiger partial charge in [0.1, 0.15) is 17.3 Å². The van der Waals surface area contributed by atoms with E-state index >= 15 is 0 Å². The predicted octanol–water partition coefficient (Wildman–Crippen LogP) is 5.62. The van der Waals surface area contributed by atoms with Crippen molar-refractivity contribution in [2.75, 3.05) is 5.32 Å². The smallest absolute Gasteiger partial charge is 0.232 e. The van der Waals surface area contributed by atoms with Crippen LogP contribution in [0.5, 0.6) is 11.5 Å². The third-order valence-electron chi connectivity index (χ3n) is 4.61. The molecule has 0 saturated heterocycles. The van der Waals surface area contributed by atoms with Gasteiger partial charge in [0, 0.05) is 23.2 Å². The Morgan fingerprint density at radius 3 is 2.47 bits per heavy atom. The van der Waals surface area contributed by atoms with Gasteiger partial charge in [-0.05, 0) is 44.0 Å². The summed E-state index contributed by atoms with van der Waals surface area (Å²) in [5.41, 5.74) is 1.85. The van der Waals surface area contributed by atoms with E-state index in [1.54, 1.807) is 0 Å². The molecular weight excluding hydrogens is 376 g/mol. The maximum atomic E-state index is 5.96. The van der Waals surface area contributed by atoms with Crippen molar-refractivity contribution in [3.63, 3.8) is 0 Å². The fourth-order valence-corrected chi connectivity index (χ4v) is 3.02. The van der Waals surface area contributed by atoms with E-state index in [2.05, 4.69) is 25.5 Å². The quantitative estimate of drug-likeness (QED) is 0.437. The number of aromatic nitrogens is 5. The number of hydrogen-bond donors (Lipinski definition) is 2. The number of H-pyrrole nitrogens is 1. The molecule has 1 saturated carbocycles. The molecule has 1 aliphatic rings. The lowest BCUT2D eigenvalue weighted by Gasteiger charge is -2.09. The number of nitrogens with zero attached hydrogens (tertiary/aromatic N) is 4. The molecule has 0 spiro atoms. The van der Waals surface area contributed by atoms with Crippen LogP contribution < -0.4 is 10.1 Å². The monoisotopic (exact) mass is 400 g/mol. The van der Waals surface area contributed by atoms with Crippen LogP contribution in [-0.2, 0) is 0 Å². The Bertz CT molecular complexity index is 1140. The van der Waals surface area contributed by atoms with Crippen molar-refractivity contribution in [1.29, 1.82) is 0 Å². The summed E-state index contributed by atoms with van der Waals surface area (Å²) in [6.45, 7) is 1.95. The lowest BCUT2D eigenvalue weighted by atomic mass is 10.2. The first-order valence-corrected chi connectivity index (χ1v) is 9.61. The molecule has 1 aliphatic carbocycles. The zero-order valence-electron chi connectivity index (χ0n) is 16.0. The second-order valence-electron chi connectivity index (χ2n) is 7.12. The van der Waals surface area contributed by atoms with E-state index in [1.165, 1.54) is 0 Å². The van der Waals surface area contributed by atoms with Crippen molar-refractivity contribution in [2.24, 2.45) is 0 Å². The van der Waals surface area contributed by atoms with E-state index in [0.717, 1.165) is 41.4 Å². The molecule has 1 fully saturated rings. The van der Waals surface area contributed by atoms with Gasteiger partial charge in [-0.3, -0.25) is 5.10 Å². The van der Waals surface area contributed by atoms with Crippen LogP contribution in [0.1, 0.15) is 37.7 Å². The van der Waals surface area contributed by atoms with Crippen molar-refractivity contribution in [3.05, 3.63) is 72.2 Å². The SMILES string of the molecule is C.Cc1cc(Nc2nc(-c3cccc(Oc4ccccc4)c3)nc(C3CC3)n2)n[nH]1. The van der Waals surface area contributed by atoms with Gasteiger partial charge in [-0.1, -0.05) is 37.8 Å². The average Bonchev–Trinajstić information content (AvgIpc) is 3.51. The molecule has 0 atom stereocenters. The molecule has 2 aromatic heterocycles. The maximum absolute atomic E-state index is 5.96. The average molecular weight is 400 g/mol. The van der Waals surface area contributed by atoms with Gasteiger partial charge in [-0.25, -0.2) is 4.98 Å². The topological polar surface area (TPSA) is 88.6 Å². The lowest BCUT2D eigenvalue weighted by Crippen LogP contribution is -2.05. The van der Waals surface area contributed by atoms with Crippen LogP contribution in [0.4, 0.5) is 11.8 Å². The number of rotatable bonds is 6. The van der Waals surface area contributed by atoms with Crippen LogP contribution >= 0.6 is 0 Å². The van der Waals surface area contributed by atoms with Crippen LogP contribution in [0.2, 0.25) is 0 Å². The number of hydrogen-bond acceptors (Lipinski definition) is 6. The zero-order chi connectivity index (χ0) is 19.6. The summed E-state index contributed by atoms with van der Waals surface area (Å²) in [7, 11) is 0. The van der Waals surface area contributed by atoms with E-state index in [0.29, 0.717) is 23.5 Å². The van der Waals surface area contributed by atoms with Crippen molar-refractivity contribution >= 4 is 11.8 Å². The first-order chi connectivity index (χ1) is 14.2. The van der Waals surface area contributed by atoms with Gasteiger partial charge >= 0.3 is 0 Å². The van der Waals surface area contributed by atoms with E-state index in [-0.39, 0.29) is 7.43 Å². The standard InChI is InChI=1S/C22H20N6O.CH4/c1-14-12-19(28-27-14)23-22-25-20(15-10-11-15)24-21(26-22)16-6-5-9-18(13-16)29-17-7-3-2-4-8-17;/h2-9,12-13,15H,10-11H2,1H3,(H2,23,24,25,26,27,28);1H4. The largest absolute Gasteiger partial charge is 0.457 e. The van der Waals surface area contributed by atoms with E-state index < -0.39 is 0 Å². The summed E-state index contributed by atoms with van der Waals surface area (Å²) in [4.78, 5) is 13.9. The highest BCUT2D eigenvalue weighted by molar-refractivity contribution is 5.60. The number of nitrogens with one attached hydrogen (secondary N) is 2. The molecule has 2 heterocycles. The number of para-hydroxylation sites is 1. The summed E-state index contributed by atoms with van der Waals surface area (Å²) >= 11 is 0. The summed E-state index contributed by atoms with van der Waals surface area (Å²) in [6, 6.07) is 19.4. The zero-order valence-corrected chi connectivity index (χ0v) is 16.0. The molecule has 7 heteroatoms. The van der Waals surface area contributed by atoms with Crippen LogP contribution in [0, 0.1) is 6.92 Å². The van der Waals surface area contributed by atoms with E-state index in [9.17, 15) is 0 Å². The third-order valence-corrected chi connectivity index (χ3v) is 4.61. The van der Waals surface area contributed by atoms with Crippen LogP contribution in [0.15, 0.2) is 60.7 Å². The van der Waals surface area contributed by atoms with Crippen molar-refractivity contribution in [1.82, 2.24) is 25.1 Å². The number of aryl methyl sites for hydroxylation is 1. The second kappa shape index (κ2) is 8.32. The maximum Gasteiger partial charge on any atom is 0.232 e. The number of benzene rings is 2. The molecule has 7 nitrogen and oxygen atoms in total. The molecule has 30 heavy (non-hydrogen) atoms. The molecule has 2 aromatic carbocycles. The Hall–Kier alpha value is -3.74.